The van der Waals surface area contributed by atoms with Crippen LogP contribution >= 0.6 is 0 Å². The maximum atomic E-state index is 12.2. The number of esters is 1. The fourth-order valence-electron chi connectivity index (χ4n) is 2.93. The Kier molecular flexibility index (Phi) is 2.77. The fraction of sp³-hybridized carbons (Fsp3) is 0.923. The van der Waals surface area contributed by atoms with Crippen LogP contribution in [0.4, 0.5) is 0 Å². The summed E-state index contributed by atoms with van der Waals surface area (Å²) in [7, 11) is 0. The minimum Gasteiger partial charge on any atom is -0.435 e. The topological polar surface area (TPSA) is 35.5 Å². The van der Waals surface area contributed by atoms with Crippen LogP contribution in [0.3, 0.4) is 0 Å². The van der Waals surface area contributed by atoms with Gasteiger partial charge in [0.1, 0.15) is 0 Å². The Balaban J connectivity index is 2.03. The van der Waals surface area contributed by atoms with Gasteiger partial charge in [0.25, 0.3) is 0 Å². The molecule has 0 aromatic rings. The van der Waals surface area contributed by atoms with Gasteiger partial charge in [0.15, 0.2) is 0 Å². The van der Waals surface area contributed by atoms with Crippen molar-refractivity contribution in [3.05, 3.63) is 0 Å². The largest absolute Gasteiger partial charge is 0.435 e. The van der Waals surface area contributed by atoms with Gasteiger partial charge in [0.2, 0.25) is 6.29 Å². The molecule has 2 rings (SSSR count). The summed E-state index contributed by atoms with van der Waals surface area (Å²) in [5, 5.41) is 0. The zero-order valence-electron chi connectivity index (χ0n) is 10.7. The molecule has 0 N–H and O–H groups in total. The number of hydrogen-bond acceptors (Lipinski definition) is 3. The van der Waals surface area contributed by atoms with Crippen LogP contribution in [0.1, 0.15) is 47.0 Å². The maximum Gasteiger partial charge on any atom is 0.315 e. The van der Waals surface area contributed by atoms with Crippen LogP contribution in [0.15, 0.2) is 0 Å². The van der Waals surface area contributed by atoms with Crippen molar-refractivity contribution in [2.75, 3.05) is 6.61 Å². The molecule has 1 heterocycles. The molecular formula is C13H22O3. The SMILES string of the molecule is CC1CC1(C(=O)OC1CCCO1)C(C)(C)C. The molecule has 0 aromatic carbocycles. The fourth-order valence-corrected chi connectivity index (χ4v) is 2.93. The van der Waals surface area contributed by atoms with E-state index in [-0.39, 0.29) is 23.1 Å². The van der Waals surface area contributed by atoms with Gasteiger partial charge in [0.05, 0.1) is 12.0 Å². The molecule has 3 nitrogen and oxygen atoms in total. The summed E-state index contributed by atoms with van der Waals surface area (Å²) in [6.45, 7) is 9.20. The summed E-state index contributed by atoms with van der Waals surface area (Å²) >= 11 is 0. The first-order chi connectivity index (χ1) is 7.38. The lowest BCUT2D eigenvalue weighted by atomic mass is 9.76. The van der Waals surface area contributed by atoms with Crippen molar-refractivity contribution < 1.29 is 14.3 Å². The predicted octanol–water partition coefficient (Wildman–Crippen LogP) is 2.74. The van der Waals surface area contributed by atoms with Crippen molar-refractivity contribution in [3.8, 4) is 0 Å². The molecule has 0 radical (unpaired) electrons. The molecule has 16 heavy (non-hydrogen) atoms. The Labute approximate surface area is 97.5 Å². The van der Waals surface area contributed by atoms with Gasteiger partial charge in [0, 0.05) is 6.42 Å². The van der Waals surface area contributed by atoms with Gasteiger partial charge in [-0.2, -0.15) is 0 Å². The maximum absolute atomic E-state index is 12.2. The number of rotatable bonds is 2. The highest BCUT2D eigenvalue weighted by atomic mass is 16.7. The van der Waals surface area contributed by atoms with Gasteiger partial charge >= 0.3 is 5.97 Å². The van der Waals surface area contributed by atoms with Crippen molar-refractivity contribution in [2.24, 2.45) is 16.7 Å². The second-order valence-electron chi connectivity index (χ2n) is 6.17. The Morgan fingerprint density at radius 1 is 1.44 bits per heavy atom. The summed E-state index contributed by atoms with van der Waals surface area (Å²) in [5.41, 5.74) is -0.305. The quantitative estimate of drug-likeness (QED) is 0.679. The highest BCUT2D eigenvalue weighted by Crippen LogP contribution is 2.63. The molecule has 3 heteroatoms. The van der Waals surface area contributed by atoms with Crippen molar-refractivity contribution in [1.82, 2.24) is 0 Å². The molecule has 92 valence electrons. The molecule has 2 fully saturated rings. The van der Waals surface area contributed by atoms with E-state index < -0.39 is 0 Å². The van der Waals surface area contributed by atoms with Crippen molar-refractivity contribution >= 4 is 5.97 Å². The average Bonchev–Trinajstić information content (AvgIpc) is 2.63. The van der Waals surface area contributed by atoms with E-state index in [1.807, 2.05) is 0 Å². The van der Waals surface area contributed by atoms with Gasteiger partial charge in [-0.05, 0) is 24.2 Å². The third-order valence-electron chi connectivity index (χ3n) is 4.14. The highest BCUT2D eigenvalue weighted by Gasteiger charge is 2.65. The van der Waals surface area contributed by atoms with Gasteiger partial charge in [-0.3, -0.25) is 4.79 Å². The minimum atomic E-state index is -0.292. The van der Waals surface area contributed by atoms with E-state index in [0.29, 0.717) is 5.92 Å². The Morgan fingerprint density at radius 3 is 2.44 bits per heavy atom. The van der Waals surface area contributed by atoms with E-state index >= 15 is 0 Å². The molecule has 3 unspecified atom stereocenters. The first-order valence-electron chi connectivity index (χ1n) is 6.20. The zero-order valence-corrected chi connectivity index (χ0v) is 10.7. The second-order valence-corrected chi connectivity index (χ2v) is 6.17. The van der Waals surface area contributed by atoms with Crippen LogP contribution in [-0.2, 0) is 14.3 Å². The number of carbonyl (C=O) groups excluding carboxylic acids is 1. The molecule has 2 aliphatic rings. The summed E-state index contributed by atoms with van der Waals surface area (Å²) in [4.78, 5) is 12.2. The van der Waals surface area contributed by atoms with Gasteiger partial charge in [-0.1, -0.05) is 27.7 Å². The van der Waals surface area contributed by atoms with Crippen LogP contribution in [-0.4, -0.2) is 18.9 Å². The first kappa shape index (κ1) is 11.9. The standard InChI is InChI=1S/C13H22O3/c1-9-8-13(9,12(2,3)4)11(14)16-10-6-5-7-15-10/h9-10H,5-8H2,1-4H3. The summed E-state index contributed by atoms with van der Waals surface area (Å²) in [5.74, 6) is 0.376. The first-order valence-corrected chi connectivity index (χ1v) is 6.20. The minimum absolute atomic E-state index is 0.0257. The molecule has 0 spiro atoms. The van der Waals surface area contributed by atoms with Crippen LogP contribution in [0, 0.1) is 16.7 Å². The van der Waals surface area contributed by atoms with Crippen molar-refractivity contribution in [1.29, 1.82) is 0 Å². The van der Waals surface area contributed by atoms with Crippen LogP contribution in [0.25, 0.3) is 0 Å². The summed E-state index contributed by atoms with van der Waals surface area (Å²) in [6.07, 6.45) is 2.50. The summed E-state index contributed by atoms with van der Waals surface area (Å²) < 4.78 is 10.8. The predicted molar refractivity (Wildman–Crippen MR) is 60.7 cm³/mol. The van der Waals surface area contributed by atoms with E-state index in [1.54, 1.807) is 0 Å². The smallest absolute Gasteiger partial charge is 0.315 e. The molecular weight excluding hydrogens is 204 g/mol. The Hall–Kier alpha value is -0.570. The molecule has 0 aromatic heterocycles. The second kappa shape index (κ2) is 3.73. The third kappa shape index (κ3) is 1.75. The third-order valence-corrected chi connectivity index (χ3v) is 4.14. The lowest BCUT2D eigenvalue weighted by Gasteiger charge is -2.30. The van der Waals surface area contributed by atoms with E-state index in [2.05, 4.69) is 27.7 Å². The number of hydrogen-bond donors (Lipinski definition) is 0. The molecule has 1 saturated carbocycles. The van der Waals surface area contributed by atoms with Crippen LogP contribution < -0.4 is 0 Å². The van der Waals surface area contributed by atoms with Gasteiger partial charge in [-0.25, -0.2) is 0 Å². The molecule has 0 bridgehead atoms. The number of ether oxygens (including phenoxy) is 2. The molecule has 1 saturated heterocycles. The Morgan fingerprint density at radius 2 is 2.06 bits per heavy atom. The van der Waals surface area contributed by atoms with E-state index in [0.717, 1.165) is 25.9 Å². The van der Waals surface area contributed by atoms with Crippen LogP contribution in [0.2, 0.25) is 0 Å². The van der Waals surface area contributed by atoms with Crippen molar-refractivity contribution in [3.63, 3.8) is 0 Å². The van der Waals surface area contributed by atoms with Gasteiger partial charge in [-0.15, -0.1) is 0 Å². The molecule has 1 aliphatic heterocycles. The lowest BCUT2D eigenvalue weighted by Crippen LogP contribution is -2.36. The molecule has 1 aliphatic carbocycles. The molecule has 3 atom stereocenters. The number of carbonyl (C=O) groups is 1. The van der Waals surface area contributed by atoms with Gasteiger partial charge < -0.3 is 9.47 Å². The van der Waals surface area contributed by atoms with E-state index in [4.69, 9.17) is 9.47 Å². The summed E-state index contributed by atoms with van der Waals surface area (Å²) in [6, 6.07) is 0. The lowest BCUT2D eigenvalue weighted by molar-refractivity contribution is -0.181. The Bertz CT molecular complexity index is 286. The van der Waals surface area contributed by atoms with E-state index in [1.165, 1.54) is 0 Å². The van der Waals surface area contributed by atoms with Crippen molar-refractivity contribution in [2.45, 2.75) is 53.2 Å². The monoisotopic (exact) mass is 226 g/mol. The van der Waals surface area contributed by atoms with E-state index in [9.17, 15) is 4.79 Å². The molecule has 0 amide bonds. The average molecular weight is 226 g/mol. The highest BCUT2D eigenvalue weighted by molar-refractivity contribution is 5.81. The zero-order chi connectivity index (χ0) is 12.0. The van der Waals surface area contributed by atoms with Crippen LogP contribution in [0.5, 0.6) is 0 Å². The normalized spacial score (nSPS) is 38.5.